The van der Waals surface area contributed by atoms with Gasteiger partial charge in [-0.15, -0.1) is 5.10 Å². The zero-order chi connectivity index (χ0) is 13.2. The van der Waals surface area contributed by atoms with E-state index in [4.69, 9.17) is 4.74 Å². The summed E-state index contributed by atoms with van der Waals surface area (Å²) in [4.78, 5) is 0. The van der Waals surface area contributed by atoms with Gasteiger partial charge in [-0.3, -0.25) is 0 Å². The van der Waals surface area contributed by atoms with Crippen LogP contribution in [-0.4, -0.2) is 42.3 Å². The molecule has 102 valence electrons. The van der Waals surface area contributed by atoms with Crippen LogP contribution >= 0.6 is 0 Å². The lowest BCUT2D eigenvalue weighted by Crippen LogP contribution is -2.33. The van der Waals surface area contributed by atoms with Crippen LogP contribution in [0.25, 0.3) is 0 Å². The summed E-state index contributed by atoms with van der Waals surface area (Å²) < 4.78 is 32.7. The molecule has 0 amide bonds. The summed E-state index contributed by atoms with van der Waals surface area (Å²) in [5, 5.41) is 8.03. The molecule has 1 aromatic heterocycles. The van der Waals surface area contributed by atoms with Gasteiger partial charge in [0, 0.05) is 19.0 Å². The van der Waals surface area contributed by atoms with E-state index in [1.165, 1.54) is 0 Å². The second-order valence-corrected chi connectivity index (χ2v) is 6.53. The monoisotopic (exact) mass is 274 g/mol. The lowest BCUT2D eigenvalue weighted by atomic mass is 10.1. The van der Waals surface area contributed by atoms with Crippen molar-refractivity contribution in [1.29, 1.82) is 0 Å². The quantitative estimate of drug-likeness (QED) is 0.812. The third kappa shape index (κ3) is 3.06. The van der Waals surface area contributed by atoms with Crippen LogP contribution in [0.4, 0.5) is 0 Å². The van der Waals surface area contributed by atoms with Gasteiger partial charge in [-0.25, -0.2) is 17.8 Å². The Morgan fingerprint density at radius 2 is 2.33 bits per heavy atom. The number of aryl methyl sites for hydroxylation is 1. The molecule has 1 unspecified atom stereocenters. The number of hydrogen-bond acceptors (Lipinski definition) is 5. The molecule has 2 heterocycles. The second kappa shape index (κ2) is 5.33. The fourth-order valence-electron chi connectivity index (χ4n) is 1.84. The largest absolute Gasteiger partial charge is 0.375 e. The van der Waals surface area contributed by atoms with Gasteiger partial charge < -0.3 is 4.74 Å². The molecule has 0 radical (unpaired) electrons. The fraction of sp³-hybridized carbons (Fsp3) is 0.800. The maximum Gasteiger partial charge on any atom is 0.211 e. The number of ether oxygens (including phenoxy) is 1. The maximum atomic E-state index is 11.4. The molecule has 2 rings (SSSR count). The molecule has 7 nitrogen and oxygen atoms in total. The molecule has 8 heteroatoms. The third-order valence-corrected chi connectivity index (χ3v) is 4.39. The molecule has 0 saturated heterocycles. The van der Waals surface area contributed by atoms with Gasteiger partial charge >= 0.3 is 0 Å². The first-order chi connectivity index (χ1) is 8.52. The smallest absolute Gasteiger partial charge is 0.211 e. The van der Waals surface area contributed by atoms with Crippen LogP contribution in [0.2, 0.25) is 0 Å². The number of fused-ring (bicyclic) bond motifs is 1. The summed E-state index contributed by atoms with van der Waals surface area (Å²) in [6.45, 7) is 5.51. The van der Waals surface area contributed by atoms with E-state index >= 15 is 0 Å². The van der Waals surface area contributed by atoms with E-state index in [0.29, 0.717) is 26.3 Å². The fourth-order valence-corrected chi connectivity index (χ4v) is 2.53. The highest BCUT2D eigenvalue weighted by atomic mass is 32.2. The van der Waals surface area contributed by atoms with Gasteiger partial charge in [-0.1, -0.05) is 5.21 Å². The number of aromatic nitrogens is 3. The molecular weight excluding hydrogens is 256 g/mol. The summed E-state index contributed by atoms with van der Waals surface area (Å²) in [6, 6.07) is 0. The Morgan fingerprint density at radius 1 is 1.56 bits per heavy atom. The predicted molar refractivity (Wildman–Crippen MR) is 65.4 cm³/mol. The Kier molecular flexibility index (Phi) is 3.98. The highest BCUT2D eigenvalue weighted by Crippen LogP contribution is 2.14. The Bertz CT molecular complexity index is 511. The summed E-state index contributed by atoms with van der Waals surface area (Å²) in [5.41, 5.74) is 1.83. The van der Waals surface area contributed by atoms with Gasteiger partial charge in [-0.05, 0) is 13.8 Å². The van der Waals surface area contributed by atoms with Gasteiger partial charge in [0.05, 0.1) is 30.4 Å². The van der Waals surface area contributed by atoms with Crippen molar-refractivity contribution in [3.05, 3.63) is 11.4 Å². The first-order valence-corrected chi connectivity index (χ1v) is 7.61. The van der Waals surface area contributed by atoms with Crippen molar-refractivity contribution < 1.29 is 13.2 Å². The molecule has 1 atom stereocenters. The third-order valence-electron chi connectivity index (χ3n) is 3.03. The van der Waals surface area contributed by atoms with E-state index in [0.717, 1.165) is 11.4 Å². The molecule has 0 bridgehead atoms. The molecule has 1 aliphatic rings. The molecule has 1 N–H and O–H groups in total. The highest BCUT2D eigenvalue weighted by Gasteiger charge is 2.21. The van der Waals surface area contributed by atoms with E-state index in [1.807, 2.05) is 6.92 Å². The predicted octanol–water partition coefficient (Wildman–Crippen LogP) is -0.328. The van der Waals surface area contributed by atoms with Gasteiger partial charge in [-0.2, -0.15) is 0 Å². The number of rotatable bonds is 4. The maximum absolute atomic E-state index is 11.4. The molecule has 18 heavy (non-hydrogen) atoms. The van der Waals surface area contributed by atoms with Crippen molar-refractivity contribution in [2.45, 2.75) is 27.0 Å². The standard InChI is InChI=1S/C10H18N4O3S/c1-3-18(15,16)11-4-9-5-14-10(7-17-6-9)8(2)12-13-14/h9,11H,3-7H2,1-2H3. The normalized spacial score (nSPS) is 20.4. The molecule has 0 aliphatic carbocycles. The Labute approximate surface area is 107 Å². The molecule has 1 aromatic rings. The van der Waals surface area contributed by atoms with Crippen LogP contribution < -0.4 is 4.72 Å². The summed E-state index contributed by atoms with van der Waals surface area (Å²) in [5.74, 6) is 0.169. The summed E-state index contributed by atoms with van der Waals surface area (Å²) >= 11 is 0. The first-order valence-electron chi connectivity index (χ1n) is 5.96. The lowest BCUT2D eigenvalue weighted by molar-refractivity contribution is 0.0954. The minimum absolute atomic E-state index is 0.0775. The van der Waals surface area contributed by atoms with Crippen LogP contribution in [0, 0.1) is 12.8 Å². The van der Waals surface area contributed by atoms with Crippen LogP contribution in [0.15, 0.2) is 0 Å². The molecule has 0 saturated carbocycles. The summed E-state index contributed by atoms with van der Waals surface area (Å²) in [7, 11) is -3.15. The molecule has 1 aliphatic heterocycles. The average molecular weight is 274 g/mol. The average Bonchev–Trinajstić information content (AvgIpc) is 2.58. The lowest BCUT2D eigenvalue weighted by Gasteiger charge is -2.14. The van der Waals surface area contributed by atoms with Crippen molar-refractivity contribution in [2.24, 2.45) is 5.92 Å². The van der Waals surface area contributed by atoms with Gasteiger partial charge in [0.15, 0.2) is 0 Å². The Balaban J connectivity index is 2.00. The van der Waals surface area contributed by atoms with Gasteiger partial charge in [0.2, 0.25) is 10.0 Å². The van der Waals surface area contributed by atoms with E-state index in [2.05, 4.69) is 15.0 Å². The molecule has 0 fully saturated rings. The first kappa shape index (κ1) is 13.4. The van der Waals surface area contributed by atoms with E-state index in [1.54, 1.807) is 11.6 Å². The Hall–Kier alpha value is -0.990. The molecular formula is C10H18N4O3S. The van der Waals surface area contributed by atoms with Crippen LogP contribution in [0.3, 0.4) is 0 Å². The number of nitrogens with zero attached hydrogens (tertiary/aromatic N) is 3. The van der Waals surface area contributed by atoms with Crippen molar-refractivity contribution in [2.75, 3.05) is 18.9 Å². The second-order valence-electron chi connectivity index (χ2n) is 4.44. The topological polar surface area (TPSA) is 86.1 Å². The molecule has 0 aromatic carbocycles. The van der Waals surface area contributed by atoms with Crippen molar-refractivity contribution in [1.82, 2.24) is 19.7 Å². The van der Waals surface area contributed by atoms with E-state index in [9.17, 15) is 8.42 Å². The summed E-state index contributed by atoms with van der Waals surface area (Å²) in [6.07, 6.45) is 0. The SMILES string of the molecule is CCS(=O)(=O)NCC1COCc2c(C)nnn2C1. The van der Waals surface area contributed by atoms with E-state index < -0.39 is 10.0 Å². The van der Waals surface area contributed by atoms with Crippen LogP contribution in [0.5, 0.6) is 0 Å². The zero-order valence-corrected chi connectivity index (χ0v) is 11.4. The molecule has 0 spiro atoms. The van der Waals surface area contributed by atoms with Crippen molar-refractivity contribution in [3.8, 4) is 0 Å². The van der Waals surface area contributed by atoms with Gasteiger partial charge in [0.25, 0.3) is 0 Å². The van der Waals surface area contributed by atoms with Gasteiger partial charge in [0.1, 0.15) is 0 Å². The number of sulfonamides is 1. The van der Waals surface area contributed by atoms with Crippen molar-refractivity contribution >= 4 is 10.0 Å². The van der Waals surface area contributed by atoms with E-state index in [-0.39, 0.29) is 11.7 Å². The minimum Gasteiger partial charge on any atom is -0.375 e. The van der Waals surface area contributed by atoms with Crippen molar-refractivity contribution in [3.63, 3.8) is 0 Å². The number of hydrogen-bond donors (Lipinski definition) is 1. The van der Waals surface area contributed by atoms with Crippen LogP contribution in [-0.2, 0) is 27.9 Å². The number of nitrogens with one attached hydrogen (secondary N) is 1. The Morgan fingerprint density at radius 3 is 3.06 bits per heavy atom. The minimum atomic E-state index is -3.15. The highest BCUT2D eigenvalue weighted by molar-refractivity contribution is 7.89. The van der Waals surface area contributed by atoms with Crippen LogP contribution in [0.1, 0.15) is 18.3 Å². The zero-order valence-electron chi connectivity index (χ0n) is 10.6.